The maximum absolute atomic E-state index is 13.0. The molecule has 0 aromatic heterocycles. The third-order valence-corrected chi connectivity index (χ3v) is 5.53. The van der Waals surface area contributed by atoms with Crippen molar-refractivity contribution in [3.63, 3.8) is 0 Å². The van der Waals surface area contributed by atoms with Crippen LogP contribution in [0.5, 0.6) is 0 Å². The van der Waals surface area contributed by atoms with Gasteiger partial charge in [0.1, 0.15) is 18.1 Å². The van der Waals surface area contributed by atoms with E-state index in [4.69, 9.17) is 17.2 Å². The van der Waals surface area contributed by atoms with Crippen LogP contribution in [0.25, 0.3) is 0 Å². The van der Waals surface area contributed by atoms with Gasteiger partial charge in [-0.1, -0.05) is 36.8 Å². The molecule has 0 aliphatic heterocycles. The number of carboxylic acids is 2. The summed E-state index contributed by atoms with van der Waals surface area (Å²) in [6.07, 6.45) is 0.0164. The minimum absolute atomic E-state index is 0.0765. The Balaban J connectivity index is 3.08. The molecule has 0 heterocycles. The minimum atomic E-state index is -1.56. The van der Waals surface area contributed by atoms with Crippen LogP contribution in [0, 0.1) is 0 Å². The molecule has 11 N–H and O–H groups in total. The number of carbonyl (C=O) groups excluding carboxylic acids is 4. The van der Waals surface area contributed by atoms with Gasteiger partial charge in [-0.15, -0.1) is 0 Å². The average molecular weight is 537 g/mol. The molecule has 0 spiro atoms. The Morgan fingerprint density at radius 2 is 1.37 bits per heavy atom. The van der Waals surface area contributed by atoms with E-state index < -0.39 is 66.2 Å². The third kappa shape index (κ3) is 12.3. The van der Waals surface area contributed by atoms with Gasteiger partial charge in [-0.05, 0) is 31.4 Å². The molecule has 1 aromatic rings. The Morgan fingerprint density at radius 1 is 0.789 bits per heavy atom. The van der Waals surface area contributed by atoms with Gasteiger partial charge in [0.25, 0.3) is 0 Å². The number of hydrogen-bond acceptors (Lipinski definition) is 8. The molecule has 38 heavy (non-hydrogen) atoms. The Kier molecular flexibility index (Phi) is 14.0. The van der Waals surface area contributed by atoms with Crippen LogP contribution in [-0.4, -0.2) is 76.5 Å². The van der Waals surface area contributed by atoms with E-state index >= 15 is 0 Å². The first-order valence-electron chi connectivity index (χ1n) is 12.1. The topological polar surface area (TPSA) is 257 Å². The molecule has 1 rings (SSSR count). The fourth-order valence-electron chi connectivity index (χ4n) is 3.45. The zero-order valence-corrected chi connectivity index (χ0v) is 20.9. The van der Waals surface area contributed by atoms with Crippen LogP contribution in [-0.2, 0) is 35.2 Å². The molecular formula is C24H36N6O8. The van der Waals surface area contributed by atoms with Crippen molar-refractivity contribution in [2.45, 2.75) is 69.1 Å². The number of nitrogens with two attached hydrogens (primary N) is 3. The summed E-state index contributed by atoms with van der Waals surface area (Å²) in [6.45, 7) is 0.411. The summed E-state index contributed by atoms with van der Waals surface area (Å²) < 4.78 is 0. The van der Waals surface area contributed by atoms with Gasteiger partial charge in [-0.2, -0.15) is 0 Å². The fourth-order valence-corrected chi connectivity index (χ4v) is 3.45. The smallest absolute Gasteiger partial charge is 0.326 e. The zero-order valence-electron chi connectivity index (χ0n) is 20.9. The molecule has 210 valence electrons. The first-order valence-corrected chi connectivity index (χ1v) is 12.1. The van der Waals surface area contributed by atoms with E-state index in [2.05, 4.69) is 16.0 Å². The van der Waals surface area contributed by atoms with Crippen molar-refractivity contribution in [1.29, 1.82) is 0 Å². The first kappa shape index (κ1) is 32.0. The van der Waals surface area contributed by atoms with Gasteiger partial charge < -0.3 is 43.4 Å². The van der Waals surface area contributed by atoms with E-state index in [1.807, 2.05) is 0 Å². The number of hydrogen-bond donors (Lipinski definition) is 8. The van der Waals surface area contributed by atoms with Gasteiger partial charge in [0.2, 0.25) is 23.6 Å². The summed E-state index contributed by atoms with van der Waals surface area (Å²) in [6, 6.07) is 3.09. The van der Waals surface area contributed by atoms with Gasteiger partial charge in [-0.3, -0.25) is 24.0 Å². The molecule has 0 aliphatic carbocycles. The number of primary amides is 1. The van der Waals surface area contributed by atoms with E-state index in [1.165, 1.54) is 0 Å². The Hall–Kier alpha value is -4.04. The lowest BCUT2D eigenvalue weighted by Crippen LogP contribution is -2.58. The monoisotopic (exact) mass is 536 g/mol. The highest BCUT2D eigenvalue weighted by molar-refractivity contribution is 5.95. The van der Waals surface area contributed by atoms with Crippen LogP contribution >= 0.6 is 0 Å². The summed E-state index contributed by atoms with van der Waals surface area (Å²) in [5.74, 6) is -6.17. The second-order valence-electron chi connectivity index (χ2n) is 8.71. The highest BCUT2D eigenvalue weighted by Gasteiger charge is 2.31. The molecule has 4 atom stereocenters. The predicted octanol–water partition coefficient (Wildman–Crippen LogP) is -2.04. The SMILES string of the molecule is NCCCCC(N)C(=O)NC(CC(=O)O)C(=O)NC(Cc1ccccc1)C(=O)NC(CCC(N)=O)C(=O)O. The number of rotatable bonds is 18. The highest BCUT2D eigenvalue weighted by Crippen LogP contribution is 2.07. The van der Waals surface area contributed by atoms with Crippen molar-refractivity contribution in [2.24, 2.45) is 17.2 Å². The number of nitrogens with one attached hydrogen (secondary N) is 3. The molecular weight excluding hydrogens is 500 g/mol. The standard InChI is InChI=1S/C24H36N6O8/c25-11-5-4-8-15(26)21(34)29-18(13-20(32)33)23(36)30-17(12-14-6-2-1-3-7-14)22(35)28-16(24(37)38)9-10-19(27)31/h1-3,6-7,15-18H,4-5,8-13,25-26H2,(H2,27,31)(H,28,35)(H,29,34)(H,30,36)(H,32,33)(H,37,38). The van der Waals surface area contributed by atoms with Crippen molar-refractivity contribution in [2.75, 3.05) is 6.54 Å². The summed E-state index contributed by atoms with van der Waals surface area (Å²) in [4.78, 5) is 72.5. The zero-order chi connectivity index (χ0) is 28.7. The number of aliphatic carboxylic acids is 2. The number of carboxylic acid groups (broad SMARTS) is 2. The molecule has 4 amide bonds. The second-order valence-corrected chi connectivity index (χ2v) is 8.71. The van der Waals surface area contributed by atoms with Crippen LogP contribution in [0.4, 0.5) is 0 Å². The van der Waals surface area contributed by atoms with Crippen molar-refractivity contribution in [3.8, 4) is 0 Å². The van der Waals surface area contributed by atoms with Crippen LogP contribution < -0.4 is 33.2 Å². The highest BCUT2D eigenvalue weighted by atomic mass is 16.4. The summed E-state index contributed by atoms with van der Waals surface area (Å²) in [7, 11) is 0. The van der Waals surface area contributed by atoms with E-state index in [9.17, 15) is 39.0 Å². The molecule has 0 aliphatic rings. The summed E-state index contributed by atoms with van der Waals surface area (Å²) in [5, 5.41) is 25.7. The minimum Gasteiger partial charge on any atom is -0.481 e. The summed E-state index contributed by atoms with van der Waals surface area (Å²) >= 11 is 0. The van der Waals surface area contributed by atoms with Gasteiger partial charge in [0.15, 0.2) is 0 Å². The molecule has 0 saturated carbocycles. The van der Waals surface area contributed by atoms with Gasteiger partial charge >= 0.3 is 11.9 Å². The predicted molar refractivity (Wildman–Crippen MR) is 135 cm³/mol. The molecule has 0 saturated heterocycles. The van der Waals surface area contributed by atoms with Gasteiger partial charge in [0.05, 0.1) is 12.5 Å². The average Bonchev–Trinajstić information content (AvgIpc) is 2.85. The normalized spacial score (nSPS) is 13.8. The number of carbonyl (C=O) groups is 6. The summed E-state index contributed by atoms with van der Waals surface area (Å²) in [5.41, 5.74) is 16.9. The van der Waals surface area contributed by atoms with Crippen LogP contribution in [0.1, 0.15) is 44.1 Å². The van der Waals surface area contributed by atoms with Crippen molar-refractivity contribution < 1.29 is 39.0 Å². The van der Waals surface area contributed by atoms with Crippen LogP contribution in [0.15, 0.2) is 30.3 Å². The quantitative estimate of drug-likeness (QED) is 0.0953. The van der Waals surface area contributed by atoms with Gasteiger partial charge in [0, 0.05) is 12.8 Å². The maximum Gasteiger partial charge on any atom is 0.326 e. The molecule has 14 nitrogen and oxygen atoms in total. The largest absolute Gasteiger partial charge is 0.481 e. The lowest BCUT2D eigenvalue weighted by atomic mass is 10.0. The number of unbranched alkanes of at least 4 members (excludes halogenated alkanes) is 1. The van der Waals surface area contributed by atoms with E-state index in [-0.39, 0.29) is 25.7 Å². The Labute approximate surface area is 219 Å². The first-order chi connectivity index (χ1) is 17.9. The maximum atomic E-state index is 13.0. The van der Waals surface area contributed by atoms with Crippen molar-refractivity contribution >= 4 is 35.6 Å². The van der Waals surface area contributed by atoms with Crippen LogP contribution in [0.2, 0.25) is 0 Å². The molecule has 1 aromatic carbocycles. The van der Waals surface area contributed by atoms with E-state index in [0.717, 1.165) is 0 Å². The number of amides is 4. The van der Waals surface area contributed by atoms with E-state index in [0.29, 0.717) is 24.9 Å². The fraction of sp³-hybridized carbons (Fsp3) is 0.500. The Bertz CT molecular complexity index is 974. The second kappa shape index (κ2) is 16.7. The lowest BCUT2D eigenvalue weighted by molar-refractivity contribution is -0.143. The van der Waals surface area contributed by atoms with Crippen molar-refractivity contribution in [3.05, 3.63) is 35.9 Å². The molecule has 14 heteroatoms. The Morgan fingerprint density at radius 3 is 1.92 bits per heavy atom. The van der Waals surface area contributed by atoms with E-state index in [1.54, 1.807) is 30.3 Å². The number of benzene rings is 1. The van der Waals surface area contributed by atoms with Gasteiger partial charge in [-0.25, -0.2) is 4.79 Å². The molecule has 0 bridgehead atoms. The molecule has 0 radical (unpaired) electrons. The van der Waals surface area contributed by atoms with Crippen molar-refractivity contribution in [1.82, 2.24) is 16.0 Å². The van der Waals surface area contributed by atoms with Crippen LogP contribution in [0.3, 0.4) is 0 Å². The molecule has 0 fully saturated rings. The lowest BCUT2D eigenvalue weighted by Gasteiger charge is -2.25. The molecule has 4 unspecified atom stereocenters. The third-order valence-electron chi connectivity index (χ3n) is 5.53.